The van der Waals surface area contributed by atoms with Crippen LogP contribution in [0.4, 0.5) is 5.69 Å². The quantitative estimate of drug-likeness (QED) is 0.0714. The summed E-state index contributed by atoms with van der Waals surface area (Å²) in [6, 6.07) is 16.0. The fourth-order valence-electron chi connectivity index (χ4n) is 4.82. The van der Waals surface area contributed by atoms with E-state index in [1.54, 1.807) is 26.0 Å². The van der Waals surface area contributed by atoms with Crippen LogP contribution in [0.2, 0.25) is 0 Å². The van der Waals surface area contributed by atoms with Crippen molar-refractivity contribution in [3.63, 3.8) is 0 Å². The molecule has 0 spiro atoms. The van der Waals surface area contributed by atoms with E-state index in [9.17, 15) is 19.8 Å². The molecular weight excluding hydrogens is 593 g/mol. The van der Waals surface area contributed by atoms with E-state index in [0.29, 0.717) is 54.7 Å². The number of rotatable bonds is 17. The van der Waals surface area contributed by atoms with Gasteiger partial charge in [-0.2, -0.15) is 13.9 Å². The number of nitro groups is 1. The molecule has 2 aromatic carbocycles. The van der Waals surface area contributed by atoms with Crippen molar-refractivity contribution in [2.45, 2.75) is 60.9 Å². The first-order valence-corrected chi connectivity index (χ1v) is 17.0. The first kappa shape index (κ1) is 36.2. The molecule has 0 atom stereocenters. The van der Waals surface area contributed by atoms with Gasteiger partial charge < -0.3 is 4.74 Å². The average molecular weight is 641 g/mol. The van der Waals surface area contributed by atoms with Crippen LogP contribution in [0.3, 0.4) is 0 Å². The molecule has 1 heterocycles. The van der Waals surface area contributed by atoms with Crippen molar-refractivity contribution < 1.29 is 28.4 Å². The standard InChI is InChI=1S/C34H47N3O7P/c1-24(2)16-19-43-45(41,44-20-17-25(3)4)33-27(6)35-26(5)31(32(33)29-14-11-15-30(22-29)37(39)40)34(38)42-21-18-36(7)23-28-12-9-8-10-13-28/h8-15,22,24-25,41H,16-21,23H2,1-7H3/q+1. The summed E-state index contributed by atoms with van der Waals surface area (Å²) in [5.74, 6) is -0.0203. The van der Waals surface area contributed by atoms with E-state index >= 15 is 0 Å². The number of esters is 1. The first-order chi connectivity index (χ1) is 21.3. The molecule has 0 saturated heterocycles. The van der Waals surface area contributed by atoms with Gasteiger partial charge >= 0.3 is 13.9 Å². The molecule has 3 rings (SSSR count). The largest absolute Gasteiger partial charge is 0.461 e. The van der Waals surface area contributed by atoms with E-state index in [-0.39, 0.29) is 41.9 Å². The normalized spacial score (nSPS) is 11.9. The van der Waals surface area contributed by atoms with Crippen molar-refractivity contribution in [3.8, 4) is 11.1 Å². The van der Waals surface area contributed by atoms with Gasteiger partial charge in [-0.1, -0.05) is 70.2 Å². The highest BCUT2D eigenvalue weighted by atomic mass is 31.2. The van der Waals surface area contributed by atoms with Crippen LogP contribution in [-0.2, 0) is 20.3 Å². The van der Waals surface area contributed by atoms with Gasteiger partial charge in [-0.3, -0.25) is 20.0 Å². The Bertz CT molecular complexity index is 1420. The van der Waals surface area contributed by atoms with E-state index in [4.69, 9.17) is 13.8 Å². The Labute approximate surface area is 267 Å². The highest BCUT2D eigenvalue weighted by Crippen LogP contribution is 2.59. The summed E-state index contributed by atoms with van der Waals surface area (Å²) in [4.78, 5) is 44.1. The maximum absolute atomic E-state index is 13.8. The molecule has 0 fully saturated rings. The van der Waals surface area contributed by atoms with E-state index < -0.39 is 18.8 Å². The molecule has 1 N–H and O–H groups in total. The summed E-state index contributed by atoms with van der Waals surface area (Å²) >= 11 is 0. The average Bonchev–Trinajstić information content (AvgIpc) is 2.96. The van der Waals surface area contributed by atoms with Gasteiger partial charge in [-0.05, 0) is 56.7 Å². The van der Waals surface area contributed by atoms with Crippen LogP contribution in [0.5, 0.6) is 0 Å². The van der Waals surface area contributed by atoms with Gasteiger partial charge in [0.05, 0.1) is 40.7 Å². The number of hydrogen-bond acceptors (Lipinski definition) is 9. The second-order valence-corrected chi connectivity index (χ2v) is 14.1. The third-order valence-electron chi connectivity index (χ3n) is 7.28. The van der Waals surface area contributed by atoms with Gasteiger partial charge in [-0.25, -0.2) is 4.79 Å². The minimum absolute atomic E-state index is 0.106. The second kappa shape index (κ2) is 16.9. The number of aryl methyl sites for hydroxylation is 2. The number of nitro benzene ring substituents is 1. The third kappa shape index (κ3) is 10.4. The molecule has 1 aromatic heterocycles. The summed E-state index contributed by atoms with van der Waals surface area (Å²) in [6.07, 6.45) is 1.34. The highest BCUT2D eigenvalue weighted by molar-refractivity contribution is 7.69. The van der Waals surface area contributed by atoms with Crippen LogP contribution in [0.1, 0.15) is 67.8 Å². The van der Waals surface area contributed by atoms with Crippen molar-refractivity contribution in [1.82, 2.24) is 9.88 Å². The van der Waals surface area contributed by atoms with Crippen LogP contribution >= 0.6 is 7.94 Å². The zero-order valence-corrected chi connectivity index (χ0v) is 28.4. The lowest BCUT2D eigenvalue weighted by Crippen LogP contribution is -2.28. The maximum Gasteiger partial charge on any atom is 0.448 e. The monoisotopic (exact) mass is 640 g/mol. The Morgan fingerprint density at radius 1 is 0.956 bits per heavy atom. The van der Waals surface area contributed by atoms with Gasteiger partial charge in [0.1, 0.15) is 6.61 Å². The van der Waals surface area contributed by atoms with Crippen LogP contribution in [0.15, 0.2) is 54.6 Å². The lowest BCUT2D eigenvalue weighted by atomic mass is 9.97. The molecule has 0 radical (unpaired) electrons. The van der Waals surface area contributed by atoms with Crippen molar-refractivity contribution in [2.24, 2.45) is 11.8 Å². The third-order valence-corrected chi connectivity index (χ3v) is 9.46. The van der Waals surface area contributed by atoms with E-state index in [1.165, 1.54) is 12.1 Å². The molecule has 0 amide bonds. The van der Waals surface area contributed by atoms with E-state index in [1.807, 2.05) is 42.3 Å². The van der Waals surface area contributed by atoms with Crippen molar-refractivity contribution in [2.75, 3.05) is 33.4 Å². The van der Waals surface area contributed by atoms with Gasteiger partial charge in [-0.15, -0.1) is 0 Å². The van der Waals surface area contributed by atoms with Crippen LogP contribution in [0, 0.1) is 35.8 Å². The van der Waals surface area contributed by atoms with Crippen molar-refractivity contribution >= 4 is 24.9 Å². The molecule has 0 aliphatic heterocycles. The predicted octanol–water partition coefficient (Wildman–Crippen LogP) is 7.07. The summed E-state index contributed by atoms with van der Waals surface area (Å²) in [7, 11) is -1.88. The molecule has 3 aromatic rings. The number of aromatic nitrogens is 1. The zero-order chi connectivity index (χ0) is 33.1. The number of likely N-dealkylation sites (N-methyl/N-ethyl adjacent to an activating group) is 1. The highest BCUT2D eigenvalue weighted by Gasteiger charge is 2.50. The minimum Gasteiger partial charge on any atom is -0.461 e. The number of hydrogen-bond donors (Lipinski definition) is 1. The molecule has 244 valence electrons. The molecule has 0 unspecified atom stereocenters. The zero-order valence-electron chi connectivity index (χ0n) is 27.5. The molecule has 11 heteroatoms. The number of pyridine rings is 1. The van der Waals surface area contributed by atoms with Crippen LogP contribution in [-0.4, -0.2) is 59.1 Å². The van der Waals surface area contributed by atoms with Gasteiger partial charge in [0.15, 0.2) is 0 Å². The predicted molar refractivity (Wildman–Crippen MR) is 178 cm³/mol. The lowest BCUT2D eigenvalue weighted by Gasteiger charge is -2.24. The molecule has 0 aliphatic carbocycles. The summed E-state index contributed by atoms with van der Waals surface area (Å²) < 4.78 is 18.2. The van der Waals surface area contributed by atoms with Gasteiger partial charge in [0.2, 0.25) is 5.30 Å². The fourth-order valence-corrected chi connectivity index (χ4v) is 6.84. The molecule has 45 heavy (non-hydrogen) atoms. The Balaban J connectivity index is 2.08. The smallest absolute Gasteiger partial charge is 0.448 e. The Hall–Kier alpha value is -3.27. The maximum atomic E-state index is 13.8. The topological polar surface area (TPSA) is 124 Å². The SMILES string of the molecule is Cc1nc(C)c([P+](O)(OCCC(C)C)OCCC(C)C)c(-c2cccc([N+](=O)[O-])c2)c1C(=O)OCCN(C)Cc1ccccc1. The van der Waals surface area contributed by atoms with E-state index in [2.05, 4.69) is 32.7 Å². The summed E-state index contributed by atoms with van der Waals surface area (Å²) in [5, 5.41) is 12.0. The molecule has 0 saturated carbocycles. The van der Waals surface area contributed by atoms with Gasteiger partial charge in [0.25, 0.3) is 5.69 Å². The molecule has 0 aliphatic rings. The molecule has 0 bridgehead atoms. The summed E-state index contributed by atoms with van der Waals surface area (Å²) in [5.41, 5.74) is 2.52. The van der Waals surface area contributed by atoms with Crippen LogP contribution in [0.25, 0.3) is 11.1 Å². The Kier molecular flexibility index (Phi) is 13.6. The van der Waals surface area contributed by atoms with Crippen molar-refractivity contribution in [3.05, 3.63) is 87.2 Å². The molecular formula is C34H47N3O7P+. The Morgan fingerprint density at radius 2 is 1.58 bits per heavy atom. The van der Waals surface area contributed by atoms with E-state index in [0.717, 1.165) is 5.56 Å². The number of carbonyl (C=O) groups excluding carboxylic acids is 1. The van der Waals surface area contributed by atoms with Crippen molar-refractivity contribution in [1.29, 1.82) is 0 Å². The lowest BCUT2D eigenvalue weighted by molar-refractivity contribution is -0.384. The summed E-state index contributed by atoms with van der Waals surface area (Å²) in [6.45, 7) is 13.3. The first-order valence-electron chi connectivity index (χ1n) is 15.4. The number of non-ortho nitro benzene ring substituents is 1. The second-order valence-electron chi connectivity index (χ2n) is 12.1. The van der Waals surface area contributed by atoms with Gasteiger partial charge in [0, 0.05) is 25.2 Å². The number of ether oxygens (including phenoxy) is 1. The fraction of sp³-hybridized carbons (Fsp3) is 0.471. The van der Waals surface area contributed by atoms with Crippen LogP contribution < -0.4 is 5.30 Å². The number of benzene rings is 2. The minimum atomic E-state index is -3.83. The Morgan fingerprint density at radius 3 is 2.16 bits per heavy atom. The molecule has 10 nitrogen and oxygen atoms in total. The number of nitrogens with zero attached hydrogens (tertiary/aromatic N) is 3. The number of carbonyl (C=O) groups is 1.